The third-order valence-electron chi connectivity index (χ3n) is 1.64. The molecule has 0 atom stereocenters. The third-order valence-corrected chi connectivity index (χ3v) is 1.64. The van der Waals surface area contributed by atoms with E-state index in [1.807, 2.05) is 26.0 Å². The van der Waals surface area contributed by atoms with Crippen molar-refractivity contribution in [3.05, 3.63) is 0 Å². The molecule has 2 N–H and O–H groups in total. The normalized spacial score (nSPS) is 11.6. The Labute approximate surface area is 75.0 Å². The van der Waals surface area contributed by atoms with Crippen molar-refractivity contribution in [2.75, 3.05) is 41.3 Å². The van der Waals surface area contributed by atoms with Gasteiger partial charge in [-0.2, -0.15) is 0 Å². The minimum Gasteiger partial charge on any atom is -0.349 e. The van der Waals surface area contributed by atoms with Crippen molar-refractivity contribution >= 4 is 5.96 Å². The van der Waals surface area contributed by atoms with Crippen molar-refractivity contribution in [2.24, 2.45) is 10.7 Å². The fraction of sp³-hybridized carbons (Fsp3) is 0.875. The van der Waals surface area contributed by atoms with E-state index in [4.69, 9.17) is 5.73 Å². The summed E-state index contributed by atoms with van der Waals surface area (Å²) < 4.78 is 0. The second kappa shape index (κ2) is 5.83. The number of guanidine groups is 1. The molecular weight excluding hydrogens is 152 g/mol. The van der Waals surface area contributed by atoms with Gasteiger partial charge in [0.1, 0.15) is 0 Å². The van der Waals surface area contributed by atoms with Crippen LogP contribution < -0.4 is 5.73 Å². The van der Waals surface area contributed by atoms with E-state index < -0.39 is 0 Å². The number of hydrogen-bond donors (Lipinski definition) is 1. The minimum absolute atomic E-state index is 0.731. The monoisotopic (exact) mass is 172 g/mol. The van der Waals surface area contributed by atoms with Crippen LogP contribution in [0.2, 0.25) is 0 Å². The molecule has 0 saturated carbocycles. The highest BCUT2D eigenvalue weighted by Gasteiger charge is 2.05. The smallest absolute Gasteiger partial charge is 0.195 e. The van der Waals surface area contributed by atoms with Gasteiger partial charge in [-0.3, -0.25) is 4.99 Å². The van der Waals surface area contributed by atoms with Crippen molar-refractivity contribution < 1.29 is 0 Å². The molecule has 0 aliphatic rings. The summed E-state index contributed by atoms with van der Waals surface area (Å²) in [7, 11) is 7.80. The van der Waals surface area contributed by atoms with Crippen LogP contribution in [0.5, 0.6) is 0 Å². The van der Waals surface area contributed by atoms with E-state index in [9.17, 15) is 0 Å². The molecule has 12 heavy (non-hydrogen) atoms. The van der Waals surface area contributed by atoms with E-state index in [1.165, 1.54) is 0 Å². The Bertz CT molecular complexity index is 142. The molecule has 4 nitrogen and oxygen atoms in total. The number of nitrogens with two attached hydrogens (primary N) is 1. The highest BCUT2D eigenvalue weighted by atomic mass is 15.3. The molecule has 0 fully saturated rings. The first-order valence-corrected chi connectivity index (χ1v) is 4.18. The van der Waals surface area contributed by atoms with Gasteiger partial charge in [0.2, 0.25) is 0 Å². The van der Waals surface area contributed by atoms with Gasteiger partial charge in [0, 0.05) is 34.7 Å². The van der Waals surface area contributed by atoms with Crippen LogP contribution in [0.1, 0.15) is 6.42 Å². The lowest BCUT2D eigenvalue weighted by Gasteiger charge is -2.25. The largest absolute Gasteiger partial charge is 0.349 e. The predicted molar refractivity (Wildman–Crippen MR) is 53.3 cm³/mol. The van der Waals surface area contributed by atoms with Crippen molar-refractivity contribution in [1.82, 2.24) is 9.80 Å². The van der Waals surface area contributed by atoms with Gasteiger partial charge in [-0.25, -0.2) is 0 Å². The Morgan fingerprint density at radius 1 is 1.33 bits per heavy atom. The van der Waals surface area contributed by atoms with Crippen molar-refractivity contribution in [3.8, 4) is 0 Å². The van der Waals surface area contributed by atoms with E-state index in [2.05, 4.69) is 9.89 Å². The zero-order valence-corrected chi connectivity index (χ0v) is 8.54. The van der Waals surface area contributed by atoms with E-state index >= 15 is 0 Å². The van der Waals surface area contributed by atoms with Crippen molar-refractivity contribution in [1.29, 1.82) is 0 Å². The highest BCUT2D eigenvalue weighted by Crippen LogP contribution is 1.92. The molecule has 0 aromatic rings. The standard InChI is InChI=1S/C8H20N4/c1-10-8(11(2)3)12(4)7-5-6-9/h5-7,9H2,1-4H3. The molecule has 4 heteroatoms. The van der Waals surface area contributed by atoms with E-state index in [1.54, 1.807) is 7.05 Å². The average molecular weight is 172 g/mol. The molecule has 0 aliphatic heterocycles. The number of rotatable bonds is 3. The summed E-state index contributed by atoms with van der Waals surface area (Å²) in [6.07, 6.45) is 1.00. The topological polar surface area (TPSA) is 44.9 Å². The van der Waals surface area contributed by atoms with Gasteiger partial charge in [0.25, 0.3) is 0 Å². The average Bonchev–Trinajstić information content (AvgIpc) is 2.01. The van der Waals surface area contributed by atoms with Crippen LogP contribution in [0.25, 0.3) is 0 Å². The van der Waals surface area contributed by atoms with Gasteiger partial charge in [-0.15, -0.1) is 0 Å². The Balaban J connectivity index is 3.96. The Morgan fingerprint density at radius 3 is 2.25 bits per heavy atom. The molecule has 0 unspecified atom stereocenters. The summed E-state index contributed by atoms with van der Waals surface area (Å²) in [6, 6.07) is 0. The molecule has 0 bridgehead atoms. The second-order valence-corrected chi connectivity index (χ2v) is 2.98. The van der Waals surface area contributed by atoms with Crippen LogP contribution in [-0.4, -0.2) is 57.0 Å². The van der Waals surface area contributed by atoms with Gasteiger partial charge in [0.05, 0.1) is 0 Å². The molecule has 72 valence electrons. The zero-order valence-electron chi connectivity index (χ0n) is 8.54. The molecule has 0 aromatic heterocycles. The summed E-state index contributed by atoms with van der Waals surface area (Å²) in [5.41, 5.74) is 5.41. The van der Waals surface area contributed by atoms with Gasteiger partial charge >= 0.3 is 0 Å². The SMILES string of the molecule is CN=C(N(C)C)N(C)CCCN. The Morgan fingerprint density at radius 2 is 1.92 bits per heavy atom. The summed E-state index contributed by atoms with van der Waals surface area (Å²) in [5, 5.41) is 0. The maximum Gasteiger partial charge on any atom is 0.195 e. The van der Waals surface area contributed by atoms with Crippen LogP contribution in [-0.2, 0) is 0 Å². The summed E-state index contributed by atoms with van der Waals surface area (Å²) in [4.78, 5) is 8.27. The predicted octanol–water partition coefficient (Wildman–Crippen LogP) is -0.186. The zero-order chi connectivity index (χ0) is 9.56. The lowest BCUT2D eigenvalue weighted by molar-refractivity contribution is 0.418. The molecule has 0 aromatic carbocycles. The van der Waals surface area contributed by atoms with Gasteiger partial charge in [-0.1, -0.05) is 0 Å². The highest BCUT2D eigenvalue weighted by molar-refractivity contribution is 5.79. The molecule has 0 amide bonds. The van der Waals surface area contributed by atoms with Crippen molar-refractivity contribution in [3.63, 3.8) is 0 Å². The van der Waals surface area contributed by atoms with Crippen molar-refractivity contribution in [2.45, 2.75) is 6.42 Å². The van der Waals surface area contributed by atoms with E-state index in [0.29, 0.717) is 0 Å². The van der Waals surface area contributed by atoms with Gasteiger partial charge in [-0.05, 0) is 13.0 Å². The fourth-order valence-corrected chi connectivity index (χ4v) is 1.14. The summed E-state index contributed by atoms with van der Waals surface area (Å²) in [6.45, 7) is 1.69. The first-order valence-electron chi connectivity index (χ1n) is 4.18. The number of nitrogens with zero attached hydrogens (tertiary/aromatic N) is 3. The minimum atomic E-state index is 0.731. The third kappa shape index (κ3) is 3.57. The second-order valence-electron chi connectivity index (χ2n) is 2.98. The van der Waals surface area contributed by atoms with Crippen LogP contribution >= 0.6 is 0 Å². The lowest BCUT2D eigenvalue weighted by atomic mass is 10.4. The van der Waals surface area contributed by atoms with E-state index in [0.717, 1.165) is 25.5 Å². The van der Waals surface area contributed by atoms with E-state index in [-0.39, 0.29) is 0 Å². The number of aliphatic imine (C=N–C) groups is 1. The maximum absolute atomic E-state index is 5.41. The lowest BCUT2D eigenvalue weighted by Crippen LogP contribution is -2.38. The molecule has 0 spiro atoms. The molecule has 0 aliphatic carbocycles. The molecule has 0 rings (SSSR count). The maximum atomic E-state index is 5.41. The Kier molecular flexibility index (Phi) is 5.45. The fourth-order valence-electron chi connectivity index (χ4n) is 1.14. The first-order chi connectivity index (χ1) is 5.63. The van der Waals surface area contributed by atoms with Crippen LogP contribution in [0.15, 0.2) is 4.99 Å². The first kappa shape index (κ1) is 11.2. The molecule has 0 radical (unpaired) electrons. The Hall–Kier alpha value is -0.770. The van der Waals surface area contributed by atoms with Crippen LogP contribution in [0, 0.1) is 0 Å². The van der Waals surface area contributed by atoms with Crippen LogP contribution in [0.4, 0.5) is 0 Å². The summed E-state index contributed by atoms with van der Waals surface area (Å²) >= 11 is 0. The van der Waals surface area contributed by atoms with Crippen LogP contribution in [0.3, 0.4) is 0 Å². The van der Waals surface area contributed by atoms with Gasteiger partial charge in [0.15, 0.2) is 5.96 Å². The quantitative estimate of drug-likeness (QED) is 0.474. The molecular formula is C8H20N4. The molecule has 0 heterocycles. The summed E-state index contributed by atoms with van der Waals surface area (Å²) in [5.74, 6) is 0.989. The van der Waals surface area contributed by atoms with Gasteiger partial charge < -0.3 is 15.5 Å². The molecule has 0 saturated heterocycles. The number of hydrogen-bond acceptors (Lipinski definition) is 2.